The number of aromatic nitrogens is 3. The molecule has 0 aliphatic heterocycles. The molecule has 1 aromatic heterocycles. The van der Waals surface area contributed by atoms with Crippen LogP contribution in [0.2, 0.25) is 5.02 Å². The molecule has 0 aliphatic rings. The number of thioether (sulfide) groups is 1. The van der Waals surface area contributed by atoms with Gasteiger partial charge in [0.15, 0.2) is 11.0 Å². The minimum Gasteiger partial charge on any atom is -0.311 e. The first-order valence-corrected chi connectivity index (χ1v) is 12.6. The third-order valence-electron chi connectivity index (χ3n) is 5.89. The van der Waals surface area contributed by atoms with Crippen LogP contribution in [0.1, 0.15) is 25.7 Å². The fourth-order valence-electron chi connectivity index (χ4n) is 3.84. The van der Waals surface area contributed by atoms with Crippen molar-refractivity contribution in [1.82, 2.24) is 19.7 Å². The predicted octanol–water partition coefficient (Wildman–Crippen LogP) is 5.84. The Labute approximate surface area is 209 Å². The molecule has 4 aromatic rings. The van der Waals surface area contributed by atoms with Crippen molar-refractivity contribution in [2.75, 3.05) is 31.3 Å². The zero-order valence-electron chi connectivity index (χ0n) is 19.8. The van der Waals surface area contributed by atoms with Gasteiger partial charge in [0.25, 0.3) is 0 Å². The largest absolute Gasteiger partial charge is 0.311 e. The lowest BCUT2D eigenvalue weighted by Gasteiger charge is -2.23. The summed E-state index contributed by atoms with van der Waals surface area (Å²) in [6.45, 7) is 4.66. The number of carbonyl (C=O) groups is 1. The summed E-state index contributed by atoms with van der Waals surface area (Å²) in [7, 11) is 4.01. The summed E-state index contributed by atoms with van der Waals surface area (Å²) in [6, 6.07) is 21.8. The molecule has 0 aliphatic carbocycles. The zero-order valence-corrected chi connectivity index (χ0v) is 21.3. The molecule has 3 aromatic carbocycles. The van der Waals surface area contributed by atoms with E-state index in [2.05, 4.69) is 40.2 Å². The van der Waals surface area contributed by atoms with Crippen LogP contribution in [-0.4, -0.2) is 52.0 Å². The van der Waals surface area contributed by atoms with Crippen LogP contribution in [0.4, 0.5) is 5.69 Å². The first-order chi connectivity index (χ1) is 16.4. The standard InChI is InChI=1S/C26H28ClN5OS/c1-5-31(23-12-8-10-19-9-6-7-11-22(19)23)24(33)17-34-26-29-28-25(18(2)30(3)4)32(26)21-15-13-20(27)14-16-21/h6-16,18H,5,17H2,1-4H3/t18-/m1/s1. The summed E-state index contributed by atoms with van der Waals surface area (Å²) < 4.78 is 2.01. The molecule has 0 saturated carbocycles. The number of benzene rings is 3. The van der Waals surface area contributed by atoms with Crippen molar-refractivity contribution in [2.45, 2.75) is 25.0 Å². The van der Waals surface area contributed by atoms with E-state index in [0.29, 0.717) is 16.7 Å². The Balaban J connectivity index is 1.62. The van der Waals surface area contributed by atoms with Crippen molar-refractivity contribution in [3.05, 3.63) is 77.6 Å². The number of hydrogen-bond acceptors (Lipinski definition) is 5. The maximum absolute atomic E-state index is 13.4. The molecule has 6 nitrogen and oxygen atoms in total. The Morgan fingerprint density at radius 2 is 1.74 bits per heavy atom. The Hall–Kier alpha value is -2.87. The monoisotopic (exact) mass is 493 g/mol. The predicted molar refractivity (Wildman–Crippen MR) is 141 cm³/mol. The lowest BCUT2D eigenvalue weighted by atomic mass is 10.1. The average molecular weight is 494 g/mol. The summed E-state index contributed by atoms with van der Waals surface area (Å²) in [5.41, 5.74) is 1.83. The molecule has 0 fully saturated rings. The second-order valence-electron chi connectivity index (χ2n) is 8.22. The summed E-state index contributed by atoms with van der Waals surface area (Å²) >= 11 is 7.51. The molecule has 4 rings (SSSR count). The summed E-state index contributed by atoms with van der Waals surface area (Å²) in [6.07, 6.45) is 0. The second-order valence-corrected chi connectivity index (χ2v) is 9.60. The maximum Gasteiger partial charge on any atom is 0.237 e. The molecule has 1 amide bonds. The third kappa shape index (κ3) is 4.97. The fourth-order valence-corrected chi connectivity index (χ4v) is 4.80. The molecular formula is C26H28ClN5OS. The van der Waals surface area contributed by atoms with E-state index in [1.165, 1.54) is 11.8 Å². The highest BCUT2D eigenvalue weighted by molar-refractivity contribution is 7.99. The highest BCUT2D eigenvalue weighted by Gasteiger charge is 2.23. The van der Waals surface area contributed by atoms with Crippen molar-refractivity contribution in [1.29, 1.82) is 0 Å². The minimum atomic E-state index is 0.0247. The zero-order chi connectivity index (χ0) is 24.2. The molecule has 0 spiro atoms. The van der Waals surface area contributed by atoms with Gasteiger partial charge >= 0.3 is 0 Å². The average Bonchev–Trinajstić information content (AvgIpc) is 3.27. The number of fused-ring (bicyclic) bond motifs is 1. The van der Waals surface area contributed by atoms with Crippen LogP contribution < -0.4 is 4.90 Å². The molecule has 0 N–H and O–H groups in total. The van der Waals surface area contributed by atoms with E-state index < -0.39 is 0 Å². The van der Waals surface area contributed by atoms with Gasteiger partial charge in [-0.2, -0.15) is 0 Å². The molecule has 1 heterocycles. The molecule has 1 atom stereocenters. The van der Waals surface area contributed by atoms with E-state index in [-0.39, 0.29) is 17.7 Å². The van der Waals surface area contributed by atoms with Gasteiger partial charge in [0.1, 0.15) is 0 Å². The fraction of sp³-hybridized carbons (Fsp3) is 0.269. The molecule has 0 saturated heterocycles. The Morgan fingerprint density at radius 1 is 1.03 bits per heavy atom. The van der Waals surface area contributed by atoms with Crippen molar-refractivity contribution in [2.24, 2.45) is 0 Å². The quantitative estimate of drug-likeness (QED) is 0.288. The van der Waals surface area contributed by atoms with Gasteiger partial charge in [-0.05, 0) is 63.7 Å². The van der Waals surface area contributed by atoms with Gasteiger partial charge in [0, 0.05) is 22.6 Å². The van der Waals surface area contributed by atoms with Crippen molar-refractivity contribution in [3.63, 3.8) is 0 Å². The maximum atomic E-state index is 13.4. The van der Waals surface area contributed by atoms with E-state index in [4.69, 9.17) is 11.6 Å². The number of halogens is 1. The van der Waals surface area contributed by atoms with Crippen molar-refractivity contribution in [3.8, 4) is 5.69 Å². The molecule has 0 radical (unpaired) electrons. The van der Waals surface area contributed by atoms with Gasteiger partial charge in [-0.3, -0.25) is 14.3 Å². The van der Waals surface area contributed by atoms with E-state index in [1.54, 1.807) is 0 Å². The Bertz CT molecular complexity index is 1280. The molecule has 0 unspecified atom stereocenters. The van der Waals surface area contributed by atoms with Gasteiger partial charge in [-0.25, -0.2) is 0 Å². The van der Waals surface area contributed by atoms with Gasteiger partial charge in [0.05, 0.1) is 17.5 Å². The second kappa shape index (κ2) is 10.6. The molecule has 34 heavy (non-hydrogen) atoms. The van der Waals surface area contributed by atoms with E-state index >= 15 is 0 Å². The lowest BCUT2D eigenvalue weighted by Crippen LogP contribution is -2.32. The first-order valence-electron chi connectivity index (χ1n) is 11.2. The molecular weight excluding hydrogens is 466 g/mol. The van der Waals surface area contributed by atoms with Gasteiger partial charge in [-0.1, -0.05) is 59.8 Å². The van der Waals surface area contributed by atoms with Crippen LogP contribution in [0.3, 0.4) is 0 Å². The number of carbonyl (C=O) groups excluding carboxylic acids is 1. The number of rotatable bonds is 8. The van der Waals surface area contributed by atoms with Crippen LogP contribution in [0, 0.1) is 0 Å². The highest BCUT2D eigenvalue weighted by Crippen LogP contribution is 2.30. The first kappa shape index (κ1) is 24.3. The van der Waals surface area contributed by atoms with Crippen molar-refractivity contribution < 1.29 is 4.79 Å². The summed E-state index contributed by atoms with van der Waals surface area (Å²) in [4.78, 5) is 17.3. The number of hydrogen-bond donors (Lipinski definition) is 0. The van der Waals surface area contributed by atoms with E-state index in [1.807, 2.05) is 79.0 Å². The topological polar surface area (TPSA) is 54.3 Å². The molecule has 176 valence electrons. The Kier molecular flexibility index (Phi) is 7.56. The number of amides is 1. The molecule has 8 heteroatoms. The lowest BCUT2D eigenvalue weighted by molar-refractivity contribution is -0.116. The van der Waals surface area contributed by atoms with E-state index in [9.17, 15) is 4.79 Å². The normalized spacial score (nSPS) is 12.3. The Morgan fingerprint density at radius 3 is 2.44 bits per heavy atom. The van der Waals surface area contributed by atoms with Crippen LogP contribution in [0.25, 0.3) is 16.5 Å². The number of anilines is 1. The smallest absolute Gasteiger partial charge is 0.237 e. The van der Waals surface area contributed by atoms with Gasteiger partial charge in [-0.15, -0.1) is 10.2 Å². The van der Waals surface area contributed by atoms with Crippen LogP contribution >= 0.6 is 23.4 Å². The van der Waals surface area contributed by atoms with Crippen molar-refractivity contribution >= 4 is 45.7 Å². The SMILES string of the molecule is CCN(C(=O)CSc1nnc([C@@H](C)N(C)C)n1-c1ccc(Cl)cc1)c1cccc2ccccc12. The minimum absolute atomic E-state index is 0.0247. The molecule has 0 bridgehead atoms. The van der Waals surface area contributed by atoms with Gasteiger partial charge < -0.3 is 4.90 Å². The third-order valence-corrected chi connectivity index (χ3v) is 7.06. The van der Waals surface area contributed by atoms with Crippen LogP contribution in [0.5, 0.6) is 0 Å². The van der Waals surface area contributed by atoms with Crippen LogP contribution in [-0.2, 0) is 4.79 Å². The van der Waals surface area contributed by atoms with E-state index in [0.717, 1.165) is 28.0 Å². The van der Waals surface area contributed by atoms with Crippen LogP contribution in [0.15, 0.2) is 71.9 Å². The highest BCUT2D eigenvalue weighted by atomic mass is 35.5. The summed E-state index contributed by atoms with van der Waals surface area (Å²) in [5.74, 6) is 1.08. The number of nitrogens with zero attached hydrogens (tertiary/aromatic N) is 5. The van der Waals surface area contributed by atoms with Gasteiger partial charge in [0.2, 0.25) is 5.91 Å². The summed E-state index contributed by atoms with van der Waals surface area (Å²) in [5, 5.41) is 12.4.